The monoisotopic (exact) mass is 443 g/mol. The van der Waals surface area contributed by atoms with Crippen molar-refractivity contribution in [2.24, 2.45) is 0 Å². The fraction of sp³-hybridized carbons (Fsp3) is 0.391. The highest BCUT2D eigenvalue weighted by Crippen LogP contribution is 2.39. The van der Waals surface area contributed by atoms with Crippen molar-refractivity contribution in [1.29, 1.82) is 0 Å². The predicted octanol–water partition coefficient (Wildman–Crippen LogP) is 4.27. The lowest BCUT2D eigenvalue weighted by Gasteiger charge is -2.32. The number of hydrogen-bond acceptors (Lipinski definition) is 5. The number of hydrogen-bond donors (Lipinski definition) is 1. The molecule has 2 aromatic heterocycles. The third kappa shape index (κ3) is 4.66. The number of aromatic nitrogens is 3. The Morgan fingerprint density at radius 2 is 1.81 bits per heavy atom. The molecule has 3 aromatic rings. The number of halogens is 3. The third-order valence-corrected chi connectivity index (χ3v) is 5.87. The Bertz CT molecular complexity index is 1130. The van der Waals surface area contributed by atoms with Crippen molar-refractivity contribution < 1.29 is 18.0 Å². The molecule has 0 aliphatic carbocycles. The minimum absolute atomic E-state index is 0.0406. The second kappa shape index (κ2) is 8.72. The maximum absolute atomic E-state index is 13.7. The first kappa shape index (κ1) is 22.0. The van der Waals surface area contributed by atoms with Gasteiger partial charge in [-0.3, -0.25) is 4.79 Å². The van der Waals surface area contributed by atoms with Gasteiger partial charge in [0.2, 0.25) is 5.91 Å². The average molecular weight is 443 g/mol. The molecule has 32 heavy (non-hydrogen) atoms. The molecule has 6 nitrogen and oxygen atoms in total. The van der Waals surface area contributed by atoms with Crippen molar-refractivity contribution in [2.45, 2.75) is 44.7 Å². The Morgan fingerprint density at radius 3 is 2.47 bits per heavy atom. The molecule has 1 fully saturated rings. The number of piperidine rings is 1. The molecular formula is C23H24F3N5O. The molecule has 0 unspecified atom stereocenters. The lowest BCUT2D eigenvalue weighted by molar-refractivity contribution is -0.136. The number of rotatable bonds is 4. The van der Waals surface area contributed by atoms with Crippen LogP contribution in [0.4, 0.5) is 19.0 Å². The molecule has 168 valence electrons. The second-order valence-electron chi connectivity index (χ2n) is 8.09. The van der Waals surface area contributed by atoms with Gasteiger partial charge in [-0.25, -0.2) is 15.0 Å². The fourth-order valence-electron chi connectivity index (χ4n) is 4.20. The molecule has 0 bridgehead atoms. The summed E-state index contributed by atoms with van der Waals surface area (Å²) in [4.78, 5) is 26.7. The van der Waals surface area contributed by atoms with Gasteiger partial charge in [-0.1, -0.05) is 30.3 Å². The topological polar surface area (TPSA) is 85.0 Å². The van der Waals surface area contributed by atoms with Crippen LogP contribution < -0.4 is 5.73 Å². The number of alkyl halides is 3. The van der Waals surface area contributed by atoms with E-state index in [-0.39, 0.29) is 34.5 Å². The first-order valence-electron chi connectivity index (χ1n) is 10.6. The van der Waals surface area contributed by atoms with E-state index in [4.69, 9.17) is 5.73 Å². The van der Waals surface area contributed by atoms with E-state index in [1.54, 1.807) is 11.8 Å². The maximum Gasteiger partial charge on any atom is 0.417 e. The fourth-order valence-corrected chi connectivity index (χ4v) is 4.20. The van der Waals surface area contributed by atoms with Crippen molar-refractivity contribution >= 4 is 22.8 Å². The predicted molar refractivity (Wildman–Crippen MR) is 115 cm³/mol. The molecule has 0 radical (unpaired) electrons. The van der Waals surface area contributed by atoms with Gasteiger partial charge >= 0.3 is 6.18 Å². The molecule has 4 rings (SSSR count). The summed E-state index contributed by atoms with van der Waals surface area (Å²) in [6, 6.07) is 10.9. The van der Waals surface area contributed by atoms with Gasteiger partial charge in [-0.15, -0.1) is 0 Å². The summed E-state index contributed by atoms with van der Waals surface area (Å²) in [5.74, 6) is -0.0784. The molecule has 0 atom stereocenters. The van der Waals surface area contributed by atoms with E-state index < -0.39 is 11.7 Å². The molecule has 3 heterocycles. The molecule has 1 aliphatic rings. The lowest BCUT2D eigenvalue weighted by Crippen LogP contribution is -2.38. The van der Waals surface area contributed by atoms with Crippen LogP contribution in [0.25, 0.3) is 11.0 Å². The molecular weight excluding hydrogens is 419 g/mol. The van der Waals surface area contributed by atoms with Crippen LogP contribution in [-0.2, 0) is 17.4 Å². The Balaban J connectivity index is 1.49. The number of likely N-dealkylation sites (tertiary alicyclic amines) is 1. The smallest absolute Gasteiger partial charge is 0.383 e. The Morgan fingerprint density at radius 1 is 1.12 bits per heavy atom. The van der Waals surface area contributed by atoms with E-state index in [1.165, 1.54) is 0 Å². The van der Waals surface area contributed by atoms with Gasteiger partial charge in [0.25, 0.3) is 0 Å². The van der Waals surface area contributed by atoms with Crippen molar-refractivity contribution in [2.75, 3.05) is 18.8 Å². The quantitative estimate of drug-likeness (QED) is 0.651. The number of nitrogens with zero attached hydrogens (tertiary/aromatic N) is 4. The summed E-state index contributed by atoms with van der Waals surface area (Å²) < 4.78 is 41.2. The molecule has 2 N–H and O–H groups in total. The second-order valence-corrected chi connectivity index (χ2v) is 8.09. The summed E-state index contributed by atoms with van der Waals surface area (Å²) in [6.07, 6.45) is -2.42. The first-order chi connectivity index (χ1) is 15.2. The van der Waals surface area contributed by atoms with Crippen LogP contribution in [0, 0.1) is 6.92 Å². The van der Waals surface area contributed by atoms with Crippen LogP contribution in [-0.4, -0.2) is 38.8 Å². The van der Waals surface area contributed by atoms with Gasteiger partial charge in [-0.05, 0) is 37.8 Å². The van der Waals surface area contributed by atoms with Crippen LogP contribution in [0.2, 0.25) is 0 Å². The average Bonchev–Trinajstić information content (AvgIpc) is 2.76. The number of carbonyl (C=O) groups is 1. The van der Waals surface area contributed by atoms with E-state index in [0.717, 1.165) is 11.6 Å². The van der Waals surface area contributed by atoms with Gasteiger partial charge in [0.15, 0.2) is 5.65 Å². The largest absolute Gasteiger partial charge is 0.417 e. The zero-order valence-corrected chi connectivity index (χ0v) is 17.7. The number of aryl methyl sites for hydroxylation is 2. The summed E-state index contributed by atoms with van der Waals surface area (Å²) in [6.45, 7) is 2.55. The molecule has 0 saturated carbocycles. The molecule has 1 amide bonds. The number of benzene rings is 1. The lowest BCUT2D eigenvalue weighted by atomic mass is 9.91. The van der Waals surface area contributed by atoms with E-state index in [0.29, 0.717) is 44.5 Å². The highest BCUT2D eigenvalue weighted by molar-refractivity contribution is 5.89. The number of fused-ring (bicyclic) bond motifs is 1. The van der Waals surface area contributed by atoms with Gasteiger partial charge in [0.05, 0.1) is 10.9 Å². The summed E-state index contributed by atoms with van der Waals surface area (Å²) in [5.41, 5.74) is 6.30. The van der Waals surface area contributed by atoms with Gasteiger partial charge in [0, 0.05) is 31.1 Å². The number of nitrogen functional groups attached to an aromatic ring is 1. The number of nitrogens with two attached hydrogens (primary N) is 1. The highest BCUT2D eigenvalue weighted by Gasteiger charge is 2.36. The molecule has 1 aromatic carbocycles. The summed E-state index contributed by atoms with van der Waals surface area (Å²) >= 11 is 0. The molecule has 0 spiro atoms. The van der Waals surface area contributed by atoms with Crippen molar-refractivity contribution in [3.8, 4) is 0 Å². The zero-order valence-electron chi connectivity index (χ0n) is 17.7. The van der Waals surface area contributed by atoms with Gasteiger partial charge in [0.1, 0.15) is 11.6 Å². The third-order valence-electron chi connectivity index (χ3n) is 5.87. The molecule has 9 heteroatoms. The van der Waals surface area contributed by atoms with Gasteiger partial charge in [-0.2, -0.15) is 13.2 Å². The van der Waals surface area contributed by atoms with Crippen molar-refractivity contribution in [3.63, 3.8) is 0 Å². The summed E-state index contributed by atoms with van der Waals surface area (Å²) in [7, 11) is 0. The number of pyridine rings is 1. The van der Waals surface area contributed by atoms with Crippen molar-refractivity contribution in [3.05, 3.63) is 59.0 Å². The number of carbonyl (C=O) groups excluding carboxylic acids is 1. The van der Waals surface area contributed by atoms with E-state index in [1.807, 2.05) is 30.3 Å². The van der Waals surface area contributed by atoms with Crippen LogP contribution >= 0.6 is 0 Å². The normalized spacial score (nSPS) is 15.3. The summed E-state index contributed by atoms with van der Waals surface area (Å²) in [5, 5.41) is -0.264. The van der Waals surface area contributed by atoms with E-state index in [2.05, 4.69) is 15.0 Å². The Labute approximate surface area is 183 Å². The minimum Gasteiger partial charge on any atom is -0.383 e. The van der Waals surface area contributed by atoms with E-state index >= 15 is 0 Å². The molecule has 1 aliphatic heterocycles. The first-order valence-corrected chi connectivity index (χ1v) is 10.6. The number of anilines is 1. The maximum atomic E-state index is 13.7. The highest BCUT2D eigenvalue weighted by atomic mass is 19.4. The standard InChI is InChI=1S/C23H24F3N5O/c1-14-28-21(27)20-17(23(24,25)26)13-18(30-22(20)29-14)16-9-11-31(12-10-16)19(32)8-7-15-5-3-2-4-6-15/h2-6,13,16H,7-12H2,1H3,(H2,27,28,29,30). The van der Waals surface area contributed by atoms with Crippen LogP contribution in [0.1, 0.15) is 47.8 Å². The van der Waals surface area contributed by atoms with Crippen LogP contribution in [0.3, 0.4) is 0 Å². The van der Waals surface area contributed by atoms with Crippen LogP contribution in [0.5, 0.6) is 0 Å². The number of amides is 1. The Kier molecular flexibility index (Phi) is 5.99. The minimum atomic E-state index is -4.60. The zero-order chi connectivity index (χ0) is 22.9. The van der Waals surface area contributed by atoms with E-state index in [9.17, 15) is 18.0 Å². The van der Waals surface area contributed by atoms with Gasteiger partial charge < -0.3 is 10.6 Å². The van der Waals surface area contributed by atoms with Crippen LogP contribution in [0.15, 0.2) is 36.4 Å². The Hall–Kier alpha value is -3.23. The van der Waals surface area contributed by atoms with Crippen molar-refractivity contribution in [1.82, 2.24) is 19.9 Å². The SMILES string of the molecule is Cc1nc(N)c2c(C(F)(F)F)cc(C3CCN(C(=O)CCc4ccccc4)CC3)nc2n1. The molecule has 1 saturated heterocycles.